The number of rotatable bonds is 5. The van der Waals surface area contributed by atoms with Gasteiger partial charge in [0.2, 0.25) is 0 Å². The molecule has 2 fully saturated rings. The van der Waals surface area contributed by atoms with E-state index in [4.69, 9.17) is 4.74 Å². The van der Waals surface area contributed by atoms with Gasteiger partial charge in [-0.15, -0.1) is 0 Å². The molecule has 1 amide bonds. The van der Waals surface area contributed by atoms with E-state index in [0.29, 0.717) is 18.4 Å². The van der Waals surface area contributed by atoms with E-state index in [1.807, 2.05) is 27.0 Å². The topological polar surface area (TPSA) is 65.0 Å². The number of nitrogens with zero attached hydrogens (tertiary/aromatic N) is 2. The van der Waals surface area contributed by atoms with E-state index in [-0.39, 0.29) is 11.5 Å². The van der Waals surface area contributed by atoms with Crippen LogP contribution >= 0.6 is 0 Å². The van der Waals surface area contributed by atoms with Gasteiger partial charge >= 0.3 is 6.09 Å². The van der Waals surface area contributed by atoms with Gasteiger partial charge in [0.1, 0.15) is 11.2 Å². The van der Waals surface area contributed by atoms with E-state index in [9.17, 15) is 9.90 Å². The van der Waals surface area contributed by atoms with Gasteiger partial charge in [-0.3, -0.25) is 4.90 Å². The molecule has 2 N–H and O–H groups in total. The van der Waals surface area contributed by atoms with Gasteiger partial charge in [0.25, 0.3) is 0 Å². The minimum Gasteiger partial charge on any atom is -0.443 e. The van der Waals surface area contributed by atoms with Crippen molar-refractivity contribution < 1.29 is 14.6 Å². The molecule has 3 aliphatic rings. The number of hydrogen-bond donors (Lipinski definition) is 2. The Bertz CT molecular complexity index is 1010. The van der Waals surface area contributed by atoms with E-state index in [1.165, 1.54) is 11.1 Å². The molecule has 4 rings (SSSR count). The zero-order valence-electron chi connectivity index (χ0n) is 23.2. The van der Waals surface area contributed by atoms with Crippen molar-refractivity contribution in [3.63, 3.8) is 0 Å². The van der Waals surface area contributed by atoms with Gasteiger partial charge < -0.3 is 20.1 Å². The molecule has 1 aromatic rings. The maximum atomic E-state index is 13.3. The number of piperidine rings is 1. The van der Waals surface area contributed by atoms with Gasteiger partial charge in [0, 0.05) is 30.3 Å². The largest absolute Gasteiger partial charge is 0.443 e. The van der Waals surface area contributed by atoms with Crippen molar-refractivity contribution in [2.75, 3.05) is 39.8 Å². The van der Waals surface area contributed by atoms with Gasteiger partial charge in [-0.25, -0.2) is 4.79 Å². The maximum absolute atomic E-state index is 13.3. The van der Waals surface area contributed by atoms with Crippen molar-refractivity contribution in [3.05, 3.63) is 58.8 Å². The van der Waals surface area contributed by atoms with Crippen molar-refractivity contribution >= 4 is 6.09 Å². The van der Waals surface area contributed by atoms with E-state index in [2.05, 4.69) is 68.4 Å². The molecule has 0 saturated carbocycles. The van der Waals surface area contributed by atoms with E-state index in [0.717, 1.165) is 50.2 Å². The van der Waals surface area contributed by atoms with Crippen LogP contribution in [0.1, 0.15) is 71.4 Å². The Kier molecular flexibility index (Phi) is 7.44. The summed E-state index contributed by atoms with van der Waals surface area (Å²) in [5, 5.41) is 16.2. The molecule has 3 heterocycles. The fourth-order valence-electron chi connectivity index (χ4n) is 6.12. The Hall–Kier alpha value is -2.15. The first-order valence-corrected chi connectivity index (χ1v) is 13.5. The molecule has 0 radical (unpaired) electrons. The smallest absolute Gasteiger partial charge is 0.414 e. The molecule has 3 aliphatic heterocycles. The SMILES string of the molecule is CC(C)c1ccc([C@](O)(C2=CN(C(=O)OC(C)(C)C)CC(C3CCNCC3)=C2)C2(C)CN(C)C2)cc1. The highest BCUT2D eigenvalue weighted by molar-refractivity contribution is 5.71. The standard InChI is InChI=1S/C30H45N3O3/c1-21(2)22-8-10-25(11-9-22)30(35,29(6)19-32(7)20-29)26-16-24(23-12-14-31-15-13-23)17-33(18-26)27(34)36-28(3,4)5/h8-11,16,18,21,23,31,35H,12-15,17,19-20H2,1-7H3/t30-/m0/s1. The van der Waals surface area contributed by atoms with Gasteiger partial charge in [-0.05, 0) is 82.3 Å². The van der Waals surface area contributed by atoms with Crippen LogP contribution in [0.15, 0.2) is 47.7 Å². The normalized spacial score (nSPS) is 23.0. The summed E-state index contributed by atoms with van der Waals surface area (Å²) in [5.74, 6) is 0.796. The van der Waals surface area contributed by atoms with E-state index < -0.39 is 11.2 Å². The van der Waals surface area contributed by atoms with Crippen LogP contribution in [0.25, 0.3) is 0 Å². The van der Waals surface area contributed by atoms with Gasteiger partial charge in [0.05, 0.1) is 6.54 Å². The summed E-state index contributed by atoms with van der Waals surface area (Å²) in [6.07, 6.45) is 5.73. The van der Waals surface area contributed by atoms with Crippen LogP contribution in [0.5, 0.6) is 0 Å². The summed E-state index contributed by atoms with van der Waals surface area (Å²) in [4.78, 5) is 17.2. The maximum Gasteiger partial charge on any atom is 0.414 e. The highest BCUT2D eigenvalue weighted by atomic mass is 16.6. The Morgan fingerprint density at radius 3 is 2.28 bits per heavy atom. The molecule has 36 heavy (non-hydrogen) atoms. The molecule has 2 saturated heterocycles. The van der Waals surface area contributed by atoms with Crippen LogP contribution in [0.2, 0.25) is 0 Å². The highest BCUT2D eigenvalue weighted by Gasteiger charge is 2.56. The quantitative estimate of drug-likeness (QED) is 0.601. The molecule has 0 unspecified atom stereocenters. The summed E-state index contributed by atoms with van der Waals surface area (Å²) >= 11 is 0. The van der Waals surface area contributed by atoms with Crippen molar-refractivity contribution in [1.82, 2.24) is 15.1 Å². The summed E-state index contributed by atoms with van der Waals surface area (Å²) < 4.78 is 5.78. The lowest BCUT2D eigenvalue weighted by Gasteiger charge is -2.56. The zero-order chi connectivity index (χ0) is 26.3. The predicted molar refractivity (Wildman–Crippen MR) is 145 cm³/mol. The number of likely N-dealkylation sites (tertiary alicyclic amines) is 1. The zero-order valence-corrected chi connectivity index (χ0v) is 23.2. The Labute approximate surface area is 217 Å². The highest BCUT2D eigenvalue weighted by Crippen LogP contribution is 2.52. The van der Waals surface area contributed by atoms with Crippen LogP contribution in [0.3, 0.4) is 0 Å². The number of benzene rings is 1. The van der Waals surface area contributed by atoms with Crippen LogP contribution in [-0.4, -0.2) is 66.4 Å². The van der Waals surface area contributed by atoms with Crippen molar-refractivity contribution in [2.24, 2.45) is 11.3 Å². The fraction of sp³-hybridized carbons (Fsp3) is 0.633. The number of hydrogen-bond acceptors (Lipinski definition) is 5. The number of ether oxygens (including phenoxy) is 1. The number of nitrogens with one attached hydrogen (secondary N) is 1. The lowest BCUT2D eigenvalue weighted by molar-refractivity contribution is -0.128. The van der Waals surface area contributed by atoms with E-state index in [1.54, 1.807) is 4.90 Å². The average Bonchev–Trinajstić information content (AvgIpc) is 2.81. The molecule has 1 atom stereocenters. The first-order valence-electron chi connectivity index (χ1n) is 13.5. The van der Waals surface area contributed by atoms with Crippen LogP contribution in [0.4, 0.5) is 4.79 Å². The second-order valence-electron chi connectivity index (χ2n) is 12.7. The molecule has 0 bridgehead atoms. The Morgan fingerprint density at radius 2 is 1.75 bits per heavy atom. The lowest BCUT2D eigenvalue weighted by Crippen LogP contribution is -2.64. The van der Waals surface area contributed by atoms with Crippen molar-refractivity contribution in [1.29, 1.82) is 0 Å². The summed E-state index contributed by atoms with van der Waals surface area (Å²) in [6.45, 7) is 16.2. The van der Waals surface area contributed by atoms with Crippen molar-refractivity contribution in [2.45, 2.75) is 71.5 Å². The predicted octanol–water partition coefficient (Wildman–Crippen LogP) is 5.01. The van der Waals surface area contributed by atoms with E-state index >= 15 is 0 Å². The summed E-state index contributed by atoms with van der Waals surface area (Å²) in [7, 11) is 2.09. The third kappa shape index (κ3) is 5.27. The second kappa shape index (κ2) is 9.96. The summed E-state index contributed by atoms with van der Waals surface area (Å²) in [5.41, 5.74) is 1.88. The second-order valence-corrected chi connectivity index (χ2v) is 12.7. The number of amides is 1. The molecule has 6 heteroatoms. The Morgan fingerprint density at radius 1 is 1.14 bits per heavy atom. The minimum absolute atomic E-state index is 0.368. The first kappa shape index (κ1) is 26.9. The molecular formula is C30H45N3O3. The third-order valence-electron chi connectivity index (χ3n) is 8.00. The van der Waals surface area contributed by atoms with Gasteiger partial charge in [-0.1, -0.05) is 51.1 Å². The number of aliphatic hydroxyl groups is 1. The van der Waals surface area contributed by atoms with Crippen molar-refractivity contribution in [3.8, 4) is 0 Å². The average molecular weight is 496 g/mol. The lowest BCUT2D eigenvalue weighted by atomic mass is 9.61. The monoisotopic (exact) mass is 495 g/mol. The van der Waals surface area contributed by atoms with Gasteiger partial charge in [-0.2, -0.15) is 0 Å². The molecular weight excluding hydrogens is 450 g/mol. The molecule has 6 nitrogen and oxygen atoms in total. The minimum atomic E-state index is -1.24. The third-order valence-corrected chi connectivity index (χ3v) is 8.00. The molecule has 0 aromatic heterocycles. The first-order chi connectivity index (χ1) is 16.8. The molecule has 0 spiro atoms. The molecule has 1 aromatic carbocycles. The van der Waals surface area contributed by atoms with Crippen LogP contribution in [-0.2, 0) is 10.3 Å². The van der Waals surface area contributed by atoms with Crippen LogP contribution < -0.4 is 5.32 Å². The van der Waals surface area contributed by atoms with Gasteiger partial charge in [0.15, 0.2) is 0 Å². The fourth-order valence-corrected chi connectivity index (χ4v) is 6.12. The summed E-state index contributed by atoms with van der Waals surface area (Å²) in [6, 6.07) is 8.40. The molecule has 0 aliphatic carbocycles. The Balaban J connectivity index is 1.81. The number of carbonyl (C=O) groups excluding carboxylic acids is 1. The van der Waals surface area contributed by atoms with Crippen LogP contribution in [0, 0.1) is 11.3 Å². The number of carbonyl (C=O) groups is 1. The molecule has 198 valence electrons.